The SMILES string of the molecule is CCCCCCCCCCCCCCCCCCCCCCN[C@@H](CSSC[C@H](NCCCCCCCCCCCCCCCCCCCCCC)C(=O)OC)C(=O)OC. The monoisotopic (exact) mass is 885 g/mol. The Morgan fingerprint density at radius 1 is 0.333 bits per heavy atom. The number of carbonyl (C=O) groups is 2. The smallest absolute Gasteiger partial charge is 0.323 e. The zero-order chi connectivity index (χ0) is 43.7. The zero-order valence-corrected chi connectivity index (χ0v) is 42.3. The quantitative estimate of drug-likeness (QED) is 0.0355. The summed E-state index contributed by atoms with van der Waals surface area (Å²) >= 11 is 0. The first kappa shape index (κ1) is 59.6. The molecule has 0 fully saturated rings. The van der Waals surface area contributed by atoms with Gasteiger partial charge in [0, 0.05) is 11.5 Å². The highest BCUT2D eigenvalue weighted by molar-refractivity contribution is 8.76. The molecule has 0 aromatic rings. The fraction of sp³-hybridized carbons (Fsp3) is 0.962. The van der Waals surface area contributed by atoms with Crippen molar-refractivity contribution in [3.05, 3.63) is 0 Å². The second kappa shape index (κ2) is 51.2. The molecule has 60 heavy (non-hydrogen) atoms. The van der Waals surface area contributed by atoms with E-state index in [0.717, 1.165) is 25.9 Å². The number of carbonyl (C=O) groups excluding carboxylic acids is 2. The number of nitrogens with one attached hydrogen (secondary N) is 2. The van der Waals surface area contributed by atoms with Gasteiger partial charge in [-0.3, -0.25) is 9.59 Å². The van der Waals surface area contributed by atoms with Gasteiger partial charge in [-0.1, -0.05) is 279 Å². The lowest BCUT2D eigenvalue weighted by atomic mass is 10.0. The first-order valence-corrected chi connectivity index (χ1v) is 29.0. The van der Waals surface area contributed by atoms with E-state index in [2.05, 4.69) is 24.5 Å². The van der Waals surface area contributed by atoms with Crippen LogP contribution in [0.1, 0.15) is 271 Å². The topological polar surface area (TPSA) is 76.7 Å². The van der Waals surface area contributed by atoms with Crippen LogP contribution >= 0.6 is 21.6 Å². The molecule has 6 nitrogen and oxygen atoms in total. The standard InChI is InChI=1S/C52H104N2O4S2/c1-5-7-9-11-13-15-17-19-21-23-25-27-29-31-33-35-37-39-41-43-45-53-49(51(55)57-3)47-59-60-48-50(52(56)58-4)54-46-44-42-40-38-36-34-32-30-28-26-24-22-20-18-16-14-12-10-8-6-2/h49-50,53-54H,5-48H2,1-4H3/t49-,50-/m0/s1. The van der Waals surface area contributed by atoms with Crippen LogP contribution < -0.4 is 10.6 Å². The average molecular weight is 886 g/mol. The van der Waals surface area contributed by atoms with Crippen molar-refractivity contribution in [3.63, 3.8) is 0 Å². The van der Waals surface area contributed by atoms with Gasteiger partial charge in [-0.15, -0.1) is 0 Å². The molecule has 8 heteroatoms. The van der Waals surface area contributed by atoms with E-state index in [1.54, 1.807) is 21.6 Å². The highest BCUT2D eigenvalue weighted by atomic mass is 33.1. The Labute approximate surface area is 383 Å². The molecular formula is C52H104N2O4S2. The average Bonchev–Trinajstić information content (AvgIpc) is 3.26. The number of hydrogen-bond donors (Lipinski definition) is 2. The van der Waals surface area contributed by atoms with Gasteiger partial charge in [-0.2, -0.15) is 0 Å². The summed E-state index contributed by atoms with van der Waals surface area (Å²) in [6.45, 7) is 6.25. The summed E-state index contributed by atoms with van der Waals surface area (Å²) in [5.74, 6) is 0.810. The molecule has 0 unspecified atom stereocenters. The van der Waals surface area contributed by atoms with Gasteiger partial charge in [0.25, 0.3) is 0 Å². The number of ether oxygens (including phenoxy) is 2. The number of rotatable bonds is 51. The summed E-state index contributed by atoms with van der Waals surface area (Å²) in [6.07, 6.45) is 55.2. The first-order valence-electron chi connectivity index (χ1n) is 26.5. The molecule has 0 saturated carbocycles. The summed E-state index contributed by atoms with van der Waals surface area (Å²) in [5, 5.41) is 6.85. The van der Waals surface area contributed by atoms with Crippen molar-refractivity contribution in [2.75, 3.05) is 38.8 Å². The highest BCUT2D eigenvalue weighted by Crippen LogP contribution is 2.24. The molecule has 0 aromatic heterocycles. The third-order valence-electron chi connectivity index (χ3n) is 12.4. The second-order valence-electron chi connectivity index (χ2n) is 18.1. The van der Waals surface area contributed by atoms with Gasteiger partial charge < -0.3 is 20.1 Å². The number of hydrogen-bond acceptors (Lipinski definition) is 8. The van der Waals surface area contributed by atoms with Crippen LogP contribution in [0, 0.1) is 0 Å². The molecular weight excluding hydrogens is 781 g/mol. The van der Waals surface area contributed by atoms with E-state index in [9.17, 15) is 9.59 Å². The van der Waals surface area contributed by atoms with Crippen LogP contribution in [0.25, 0.3) is 0 Å². The molecule has 0 spiro atoms. The van der Waals surface area contributed by atoms with Crippen molar-refractivity contribution in [1.82, 2.24) is 10.6 Å². The fourth-order valence-corrected chi connectivity index (χ4v) is 10.6. The van der Waals surface area contributed by atoms with E-state index >= 15 is 0 Å². The maximum absolute atomic E-state index is 12.5. The van der Waals surface area contributed by atoms with Crippen LogP contribution in [-0.4, -0.2) is 62.8 Å². The van der Waals surface area contributed by atoms with Crippen LogP contribution in [0.15, 0.2) is 0 Å². The molecule has 0 aliphatic heterocycles. The van der Waals surface area contributed by atoms with E-state index < -0.39 is 0 Å². The van der Waals surface area contributed by atoms with Gasteiger partial charge in [-0.05, 0) is 25.9 Å². The second-order valence-corrected chi connectivity index (χ2v) is 20.6. The van der Waals surface area contributed by atoms with Gasteiger partial charge in [0.15, 0.2) is 0 Å². The van der Waals surface area contributed by atoms with Crippen molar-refractivity contribution >= 4 is 33.5 Å². The molecule has 2 atom stereocenters. The van der Waals surface area contributed by atoms with Gasteiger partial charge in [0.05, 0.1) is 14.2 Å². The molecule has 0 saturated heterocycles. The van der Waals surface area contributed by atoms with E-state index in [0.29, 0.717) is 11.5 Å². The van der Waals surface area contributed by atoms with Crippen LogP contribution in [0.2, 0.25) is 0 Å². The Morgan fingerprint density at radius 2 is 0.517 bits per heavy atom. The van der Waals surface area contributed by atoms with E-state index in [1.807, 2.05) is 0 Å². The summed E-state index contributed by atoms with van der Waals surface area (Å²) in [6, 6.07) is -0.654. The number of unbranched alkanes of at least 4 members (excludes halogenated alkanes) is 38. The highest BCUT2D eigenvalue weighted by Gasteiger charge is 2.21. The minimum Gasteiger partial charge on any atom is -0.468 e. The summed E-state index contributed by atoms with van der Waals surface area (Å²) < 4.78 is 10.2. The summed E-state index contributed by atoms with van der Waals surface area (Å²) in [4.78, 5) is 24.9. The molecule has 0 rings (SSSR count). The van der Waals surface area contributed by atoms with Gasteiger partial charge in [-0.25, -0.2) is 0 Å². The van der Waals surface area contributed by atoms with Crippen molar-refractivity contribution in [1.29, 1.82) is 0 Å². The number of methoxy groups -OCH3 is 2. The Hall–Kier alpha value is -0.440. The maximum atomic E-state index is 12.5. The molecule has 0 amide bonds. The third-order valence-corrected chi connectivity index (χ3v) is 14.8. The van der Waals surface area contributed by atoms with E-state index in [4.69, 9.17) is 9.47 Å². The van der Waals surface area contributed by atoms with Crippen molar-refractivity contribution in [2.24, 2.45) is 0 Å². The van der Waals surface area contributed by atoms with Crippen LogP contribution in [0.5, 0.6) is 0 Å². The van der Waals surface area contributed by atoms with E-state index in [1.165, 1.54) is 258 Å². The number of esters is 2. The van der Waals surface area contributed by atoms with Crippen LogP contribution in [0.3, 0.4) is 0 Å². The normalized spacial score (nSPS) is 12.5. The molecule has 0 radical (unpaired) electrons. The minimum atomic E-state index is -0.327. The van der Waals surface area contributed by atoms with Gasteiger partial charge in [0.2, 0.25) is 0 Å². The van der Waals surface area contributed by atoms with Gasteiger partial charge in [0.1, 0.15) is 12.1 Å². The van der Waals surface area contributed by atoms with Crippen LogP contribution in [0.4, 0.5) is 0 Å². The lowest BCUT2D eigenvalue weighted by Gasteiger charge is -2.18. The predicted octanol–water partition coefficient (Wildman–Crippen LogP) is 16.3. The molecule has 0 aliphatic rings. The molecule has 0 aromatic carbocycles. The first-order chi connectivity index (χ1) is 29.6. The zero-order valence-electron chi connectivity index (χ0n) is 40.7. The Morgan fingerprint density at radius 3 is 0.700 bits per heavy atom. The lowest BCUT2D eigenvalue weighted by molar-refractivity contribution is -0.143. The maximum Gasteiger partial charge on any atom is 0.323 e. The minimum absolute atomic E-state index is 0.210. The molecule has 0 heterocycles. The van der Waals surface area contributed by atoms with Crippen LogP contribution in [-0.2, 0) is 19.1 Å². The Kier molecular flexibility index (Phi) is 50.8. The molecule has 358 valence electrons. The largest absolute Gasteiger partial charge is 0.468 e. The van der Waals surface area contributed by atoms with E-state index in [-0.39, 0.29) is 24.0 Å². The van der Waals surface area contributed by atoms with Crippen molar-refractivity contribution < 1.29 is 19.1 Å². The molecule has 0 bridgehead atoms. The molecule has 2 N–H and O–H groups in total. The Balaban J connectivity index is 3.75. The lowest BCUT2D eigenvalue weighted by Crippen LogP contribution is -2.41. The summed E-state index contributed by atoms with van der Waals surface area (Å²) in [5.41, 5.74) is 0. The van der Waals surface area contributed by atoms with Crippen molar-refractivity contribution in [3.8, 4) is 0 Å². The Bertz CT molecular complexity index is 798. The third kappa shape index (κ3) is 44.2. The summed E-state index contributed by atoms with van der Waals surface area (Å²) in [7, 11) is 6.18. The fourth-order valence-electron chi connectivity index (χ4n) is 8.25. The van der Waals surface area contributed by atoms with Crippen molar-refractivity contribution in [2.45, 2.75) is 283 Å². The van der Waals surface area contributed by atoms with Gasteiger partial charge >= 0.3 is 11.9 Å². The molecule has 0 aliphatic carbocycles. The predicted molar refractivity (Wildman–Crippen MR) is 269 cm³/mol.